The fraction of sp³-hybridized carbons (Fsp3) is 0.409. The predicted molar refractivity (Wildman–Crippen MR) is 112 cm³/mol. The van der Waals surface area contributed by atoms with Gasteiger partial charge in [-0.05, 0) is 55.5 Å². The first-order valence-electron chi connectivity index (χ1n) is 9.87. The largest absolute Gasteiger partial charge is 0.309 e. The lowest BCUT2D eigenvalue weighted by Crippen LogP contribution is -2.36. The summed E-state index contributed by atoms with van der Waals surface area (Å²) in [5.74, 6) is 0.0638. The minimum Gasteiger partial charge on any atom is -0.309 e. The van der Waals surface area contributed by atoms with Gasteiger partial charge in [-0.2, -0.15) is 0 Å². The number of anilines is 1. The monoisotopic (exact) mass is 400 g/mol. The summed E-state index contributed by atoms with van der Waals surface area (Å²) >= 11 is 0. The van der Waals surface area contributed by atoms with Crippen LogP contribution >= 0.6 is 0 Å². The van der Waals surface area contributed by atoms with E-state index in [1.807, 2.05) is 51.1 Å². The molecule has 2 atom stereocenters. The first kappa shape index (κ1) is 20.6. The van der Waals surface area contributed by atoms with E-state index in [1.54, 1.807) is 23.1 Å². The van der Waals surface area contributed by atoms with Crippen molar-refractivity contribution in [1.29, 1.82) is 0 Å². The Kier molecular flexibility index (Phi) is 6.20. The number of carbonyl (C=O) groups is 1. The third-order valence-electron chi connectivity index (χ3n) is 5.29. The van der Waals surface area contributed by atoms with Gasteiger partial charge in [0.1, 0.15) is 0 Å². The SMILES string of the molecule is CCC(=O)N1c2ccc(S(=O)(=O)N[C@@H](CC)Cc3ccccc3)cc2C[C@H]1C. The standard InChI is InChI=1S/C22H28N2O3S/c1-4-19(14-17-9-7-6-8-10-17)23-28(26,27)20-11-12-21-18(15-20)13-16(3)24(21)22(25)5-2/h6-12,15-16,19,23H,4-5,13-14H2,1-3H3/t16-,19+/m1/s1. The molecule has 0 unspecified atom stereocenters. The van der Waals surface area contributed by atoms with Crippen LogP contribution in [0.1, 0.15) is 44.7 Å². The molecule has 2 aromatic carbocycles. The summed E-state index contributed by atoms with van der Waals surface area (Å²) in [5, 5.41) is 0. The van der Waals surface area contributed by atoms with Crippen LogP contribution in [0.3, 0.4) is 0 Å². The van der Waals surface area contributed by atoms with Gasteiger partial charge >= 0.3 is 0 Å². The van der Waals surface area contributed by atoms with Gasteiger partial charge in [-0.3, -0.25) is 4.79 Å². The van der Waals surface area contributed by atoms with Crippen LogP contribution in [-0.2, 0) is 27.7 Å². The second-order valence-corrected chi connectivity index (χ2v) is 9.09. The summed E-state index contributed by atoms with van der Waals surface area (Å²) < 4.78 is 28.8. The van der Waals surface area contributed by atoms with Crippen LogP contribution in [0, 0.1) is 0 Å². The molecule has 0 aliphatic carbocycles. The number of benzene rings is 2. The number of rotatable bonds is 7. The smallest absolute Gasteiger partial charge is 0.240 e. The van der Waals surface area contributed by atoms with Crippen LogP contribution in [0.4, 0.5) is 5.69 Å². The molecule has 1 aliphatic heterocycles. The maximum absolute atomic E-state index is 13.0. The summed E-state index contributed by atoms with van der Waals surface area (Å²) in [7, 11) is -3.63. The number of sulfonamides is 1. The summed E-state index contributed by atoms with van der Waals surface area (Å²) in [6, 6.07) is 14.8. The van der Waals surface area contributed by atoms with Gasteiger partial charge in [0.15, 0.2) is 0 Å². The maximum atomic E-state index is 13.0. The van der Waals surface area contributed by atoms with Crippen LogP contribution < -0.4 is 9.62 Å². The zero-order valence-corrected chi connectivity index (χ0v) is 17.5. The van der Waals surface area contributed by atoms with Crippen LogP contribution in [0.15, 0.2) is 53.4 Å². The third kappa shape index (κ3) is 4.28. The van der Waals surface area contributed by atoms with E-state index < -0.39 is 10.0 Å². The molecule has 0 spiro atoms. The molecular formula is C22H28N2O3S. The number of fused-ring (bicyclic) bond motifs is 1. The highest BCUT2D eigenvalue weighted by atomic mass is 32.2. The van der Waals surface area contributed by atoms with Crippen molar-refractivity contribution in [2.75, 3.05) is 4.90 Å². The van der Waals surface area contributed by atoms with Crippen molar-refractivity contribution in [1.82, 2.24) is 4.72 Å². The van der Waals surface area contributed by atoms with Gasteiger partial charge in [0.05, 0.1) is 4.90 Å². The number of carbonyl (C=O) groups excluding carboxylic acids is 1. The lowest BCUT2D eigenvalue weighted by molar-refractivity contribution is -0.118. The lowest BCUT2D eigenvalue weighted by Gasteiger charge is -2.22. The predicted octanol–water partition coefficient (Wildman–Crippen LogP) is 3.67. The fourth-order valence-corrected chi connectivity index (χ4v) is 5.15. The number of amides is 1. The van der Waals surface area contributed by atoms with Crippen molar-refractivity contribution in [2.45, 2.75) is 63.4 Å². The molecular weight excluding hydrogens is 372 g/mol. The van der Waals surface area contributed by atoms with E-state index in [2.05, 4.69) is 4.72 Å². The van der Waals surface area contributed by atoms with Crippen molar-refractivity contribution in [2.24, 2.45) is 0 Å². The lowest BCUT2D eigenvalue weighted by atomic mass is 10.1. The summed E-state index contributed by atoms with van der Waals surface area (Å²) in [5.41, 5.74) is 2.84. The highest BCUT2D eigenvalue weighted by molar-refractivity contribution is 7.89. The third-order valence-corrected chi connectivity index (χ3v) is 6.81. The Morgan fingerprint density at radius 3 is 2.54 bits per heavy atom. The van der Waals surface area contributed by atoms with Crippen molar-refractivity contribution in [3.63, 3.8) is 0 Å². The van der Waals surface area contributed by atoms with Crippen molar-refractivity contribution >= 4 is 21.6 Å². The second-order valence-electron chi connectivity index (χ2n) is 7.38. The van der Waals surface area contributed by atoms with Crippen molar-refractivity contribution in [3.05, 3.63) is 59.7 Å². The maximum Gasteiger partial charge on any atom is 0.240 e. The van der Waals surface area contributed by atoms with Gasteiger partial charge in [-0.25, -0.2) is 13.1 Å². The summed E-state index contributed by atoms with van der Waals surface area (Å²) in [6.07, 6.45) is 2.46. The first-order chi connectivity index (χ1) is 13.4. The van der Waals surface area contributed by atoms with Crippen molar-refractivity contribution in [3.8, 4) is 0 Å². The number of hydrogen-bond donors (Lipinski definition) is 1. The molecule has 0 radical (unpaired) electrons. The van der Waals surface area contributed by atoms with E-state index in [0.29, 0.717) is 25.7 Å². The number of nitrogens with one attached hydrogen (secondary N) is 1. The molecule has 0 aromatic heterocycles. The Labute approximate surface area is 167 Å². The molecule has 1 heterocycles. The molecule has 2 aromatic rings. The molecule has 1 aliphatic rings. The average molecular weight is 401 g/mol. The van der Waals surface area contributed by atoms with E-state index >= 15 is 0 Å². The first-order valence-corrected chi connectivity index (χ1v) is 11.3. The Morgan fingerprint density at radius 2 is 1.89 bits per heavy atom. The summed E-state index contributed by atoms with van der Waals surface area (Å²) in [6.45, 7) is 5.81. The molecule has 3 rings (SSSR count). The second kappa shape index (κ2) is 8.45. The van der Waals surface area contributed by atoms with Gasteiger partial charge in [0, 0.05) is 24.2 Å². The molecule has 0 fully saturated rings. The quantitative estimate of drug-likeness (QED) is 0.771. The van der Waals surface area contributed by atoms with Gasteiger partial charge in [0.25, 0.3) is 0 Å². The minimum atomic E-state index is -3.63. The van der Waals surface area contributed by atoms with E-state index in [0.717, 1.165) is 16.8 Å². The van der Waals surface area contributed by atoms with Gasteiger partial charge in [0.2, 0.25) is 15.9 Å². The highest BCUT2D eigenvalue weighted by Crippen LogP contribution is 2.34. The van der Waals surface area contributed by atoms with E-state index in [1.165, 1.54) is 0 Å². The van der Waals surface area contributed by atoms with E-state index in [9.17, 15) is 13.2 Å². The van der Waals surface area contributed by atoms with Crippen LogP contribution in [0.2, 0.25) is 0 Å². The molecule has 5 nitrogen and oxygen atoms in total. The molecule has 0 bridgehead atoms. The highest BCUT2D eigenvalue weighted by Gasteiger charge is 2.31. The van der Waals surface area contributed by atoms with Crippen molar-refractivity contribution < 1.29 is 13.2 Å². The Morgan fingerprint density at radius 1 is 1.18 bits per heavy atom. The van der Waals surface area contributed by atoms with Crippen LogP contribution in [0.5, 0.6) is 0 Å². The Balaban J connectivity index is 1.81. The van der Waals surface area contributed by atoms with E-state index in [-0.39, 0.29) is 22.9 Å². The number of nitrogens with zero attached hydrogens (tertiary/aromatic N) is 1. The van der Waals surface area contributed by atoms with Gasteiger partial charge in [-0.15, -0.1) is 0 Å². The number of hydrogen-bond acceptors (Lipinski definition) is 3. The Hall–Kier alpha value is -2.18. The molecule has 1 N–H and O–H groups in total. The molecule has 150 valence electrons. The normalized spacial score (nSPS) is 17.4. The molecule has 6 heteroatoms. The topological polar surface area (TPSA) is 66.5 Å². The van der Waals surface area contributed by atoms with Crippen LogP contribution in [0.25, 0.3) is 0 Å². The molecule has 1 amide bonds. The van der Waals surface area contributed by atoms with Gasteiger partial charge in [-0.1, -0.05) is 44.2 Å². The zero-order valence-electron chi connectivity index (χ0n) is 16.7. The minimum absolute atomic E-state index is 0.0508. The van der Waals surface area contributed by atoms with Gasteiger partial charge < -0.3 is 4.90 Å². The fourth-order valence-electron chi connectivity index (χ4n) is 3.78. The van der Waals surface area contributed by atoms with Crippen LogP contribution in [-0.4, -0.2) is 26.4 Å². The summed E-state index contributed by atoms with van der Waals surface area (Å²) in [4.78, 5) is 14.3. The molecule has 0 saturated heterocycles. The average Bonchev–Trinajstić information content (AvgIpc) is 3.02. The Bertz CT molecular complexity index is 942. The molecule has 28 heavy (non-hydrogen) atoms. The molecule has 0 saturated carbocycles. The zero-order chi connectivity index (χ0) is 20.3. The van der Waals surface area contributed by atoms with E-state index in [4.69, 9.17) is 0 Å².